The molecule has 1 aromatic heterocycles. The molecular weight excluding hydrogens is 216 g/mol. The molecule has 0 saturated carbocycles. The summed E-state index contributed by atoms with van der Waals surface area (Å²) in [6.07, 6.45) is 1.52. The number of nitrogens with two attached hydrogens (primary N) is 1. The van der Waals surface area contributed by atoms with Crippen LogP contribution in [0.25, 0.3) is 0 Å². The number of hydrogen-bond acceptors (Lipinski definition) is 5. The third-order valence-electron chi connectivity index (χ3n) is 3.40. The largest absolute Gasteiger partial charge is 0.476 e. The molecule has 2 atom stereocenters. The molecule has 94 valence electrons. The Labute approximate surface area is 102 Å². The first-order valence-electron chi connectivity index (χ1n) is 6.11. The van der Waals surface area contributed by atoms with Crippen LogP contribution in [0.4, 0.5) is 11.5 Å². The molecule has 2 heterocycles. The molecule has 5 heteroatoms. The van der Waals surface area contributed by atoms with Crippen LogP contribution in [0.2, 0.25) is 0 Å². The average molecular weight is 236 g/mol. The summed E-state index contributed by atoms with van der Waals surface area (Å²) in [6, 6.07) is 0. The fourth-order valence-electron chi connectivity index (χ4n) is 2.18. The first kappa shape index (κ1) is 12.0. The van der Waals surface area contributed by atoms with E-state index in [1.165, 1.54) is 6.33 Å². The van der Waals surface area contributed by atoms with Gasteiger partial charge in [-0.3, -0.25) is 0 Å². The standard InChI is InChI=1S/C12H20N4O/c1-4-17-12-10(13)11(14-7-15-12)16-5-8(2)9(3)6-16/h7-9H,4-6,13H2,1-3H3. The number of anilines is 2. The predicted molar refractivity (Wildman–Crippen MR) is 68.2 cm³/mol. The first-order valence-corrected chi connectivity index (χ1v) is 6.11. The maximum atomic E-state index is 6.05. The molecular formula is C12H20N4O. The molecule has 0 aromatic carbocycles. The third kappa shape index (κ3) is 2.28. The summed E-state index contributed by atoms with van der Waals surface area (Å²) in [5.41, 5.74) is 6.60. The minimum atomic E-state index is 0.490. The second-order valence-electron chi connectivity index (χ2n) is 4.71. The van der Waals surface area contributed by atoms with Crippen LogP contribution < -0.4 is 15.4 Å². The van der Waals surface area contributed by atoms with E-state index in [9.17, 15) is 0 Å². The summed E-state index contributed by atoms with van der Waals surface area (Å²) in [5.74, 6) is 2.63. The highest BCUT2D eigenvalue weighted by molar-refractivity contribution is 5.68. The van der Waals surface area contributed by atoms with Crippen LogP contribution in [0, 0.1) is 11.8 Å². The van der Waals surface area contributed by atoms with E-state index < -0.39 is 0 Å². The van der Waals surface area contributed by atoms with Gasteiger partial charge in [-0.1, -0.05) is 13.8 Å². The molecule has 0 radical (unpaired) electrons. The van der Waals surface area contributed by atoms with Crippen molar-refractivity contribution in [2.75, 3.05) is 30.3 Å². The van der Waals surface area contributed by atoms with Gasteiger partial charge in [0.25, 0.3) is 0 Å². The van der Waals surface area contributed by atoms with Gasteiger partial charge >= 0.3 is 0 Å². The Morgan fingerprint density at radius 2 is 2.00 bits per heavy atom. The topological polar surface area (TPSA) is 64.3 Å². The van der Waals surface area contributed by atoms with Crippen molar-refractivity contribution in [3.8, 4) is 5.88 Å². The van der Waals surface area contributed by atoms with Crippen LogP contribution in [0.15, 0.2) is 6.33 Å². The Bertz CT molecular complexity index is 386. The van der Waals surface area contributed by atoms with Gasteiger partial charge in [0.15, 0.2) is 5.82 Å². The number of nitrogen functional groups attached to an aromatic ring is 1. The van der Waals surface area contributed by atoms with E-state index >= 15 is 0 Å². The summed E-state index contributed by atoms with van der Waals surface area (Å²) in [7, 11) is 0. The minimum absolute atomic E-state index is 0.490. The zero-order valence-electron chi connectivity index (χ0n) is 10.7. The van der Waals surface area contributed by atoms with E-state index in [0.29, 0.717) is 30.0 Å². The van der Waals surface area contributed by atoms with E-state index in [4.69, 9.17) is 10.5 Å². The van der Waals surface area contributed by atoms with Crippen LogP contribution in [0.1, 0.15) is 20.8 Å². The summed E-state index contributed by atoms with van der Waals surface area (Å²) >= 11 is 0. The minimum Gasteiger partial charge on any atom is -0.476 e. The quantitative estimate of drug-likeness (QED) is 0.862. The molecule has 1 fully saturated rings. The molecule has 0 aliphatic carbocycles. The van der Waals surface area contributed by atoms with E-state index in [1.54, 1.807) is 0 Å². The van der Waals surface area contributed by atoms with Gasteiger partial charge in [-0.2, -0.15) is 4.98 Å². The van der Waals surface area contributed by atoms with Crippen molar-refractivity contribution in [1.82, 2.24) is 9.97 Å². The van der Waals surface area contributed by atoms with Crippen LogP contribution in [-0.2, 0) is 0 Å². The summed E-state index contributed by atoms with van der Waals surface area (Å²) in [5, 5.41) is 0. The second kappa shape index (κ2) is 4.77. The maximum absolute atomic E-state index is 6.05. The van der Waals surface area contributed by atoms with Gasteiger partial charge in [-0.05, 0) is 18.8 Å². The van der Waals surface area contributed by atoms with Crippen molar-refractivity contribution in [3.63, 3.8) is 0 Å². The summed E-state index contributed by atoms with van der Waals surface area (Å²) < 4.78 is 5.39. The molecule has 1 aromatic rings. The summed E-state index contributed by atoms with van der Waals surface area (Å²) in [6.45, 7) is 8.98. The molecule has 2 unspecified atom stereocenters. The lowest BCUT2D eigenvalue weighted by atomic mass is 10.0. The predicted octanol–water partition coefficient (Wildman–Crippen LogP) is 1.55. The van der Waals surface area contributed by atoms with Crippen LogP contribution in [0.5, 0.6) is 5.88 Å². The Hall–Kier alpha value is -1.52. The molecule has 1 aliphatic heterocycles. The molecule has 5 nitrogen and oxygen atoms in total. The average Bonchev–Trinajstić information content (AvgIpc) is 2.62. The highest BCUT2D eigenvalue weighted by atomic mass is 16.5. The molecule has 17 heavy (non-hydrogen) atoms. The van der Waals surface area contributed by atoms with Crippen molar-refractivity contribution in [2.24, 2.45) is 11.8 Å². The first-order chi connectivity index (χ1) is 8.13. The molecule has 1 saturated heterocycles. The van der Waals surface area contributed by atoms with E-state index in [1.807, 2.05) is 6.92 Å². The van der Waals surface area contributed by atoms with E-state index in [-0.39, 0.29) is 0 Å². The van der Waals surface area contributed by atoms with Gasteiger partial charge in [0.1, 0.15) is 12.0 Å². The lowest BCUT2D eigenvalue weighted by Crippen LogP contribution is -2.22. The van der Waals surface area contributed by atoms with Crippen LogP contribution in [0.3, 0.4) is 0 Å². The fraction of sp³-hybridized carbons (Fsp3) is 0.667. The molecule has 2 rings (SSSR count). The monoisotopic (exact) mass is 236 g/mol. The Kier molecular flexibility index (Phi) is 3.36. The second-order valence-corrected chi connectivity index (χ2v) is 4.71. The van der Waals surface area contributed by atoms with Crippen LogP contribution in [-0.4, -0.2) is 29.7 Å². The molecule has 0 bridgehead atoms. The lowest BCUT2D eigenvalue weighted by molar-refractivity contribution is 0.328. The summed E-state index contributed by atoms with van der Waals surface area (Å²) in [4.78, 5) is 10.6. The van der Waals surface area contributed by atoms with E-state index in [0.717, 1.165) is 18.9 Å². The molecule has 2 N–H and O–H groups in total. The van der Waals surface area contributed by atoms with Crippen LogP contribution >= 0.6 is 0 Å². The van der Waals surface area contributed by atoms with Gasteiger partial charge in [0, 0.05) is 13.1 Å². The van der Waals surface area contributed by atoms with Gasteiger partial charge in [0.2, 0.25) is 5.88 Å². The lowest BCUT2D eigenvalue weighted by Gasteiger charge is -2.19. The van der Waals surface area contributed by atoms with Gasteiger partial charge in [-0.15, -0.1) is 0 Å². The third-order valence-corrected chi connectivity index (χ3v) is 3.40. The number of nitrogens with zero attached hydrogens (tertiary/aromatic N) is 3. The fourth-order valence-corrected chi connectivity index (χ4v) is 2.18. The number of hydrogen-bond donors (Lipinski definition) is 1. The molecule has 0 amide bonds. The normalized spacial score (nSPS) is 24.1. The zero-order valence-corrected chi connectivity index (χ0v) is 10.7. The van der Waals surface area contributed by atoms with Crippen molar-refractivity contribution in [2.45, 2.75) is 20.8 Å². The van der Waals surface area contributed by atoms with Gasteiger partial charge < -0.3 is 15.4 Å². The highest BCUT2D eigenvalue weighted by Crippen LogP contribution is 2.33. The maximum Gasteiger partial charge on any atom is 0.242 e. The van der Waals surface area contributed by atoms with Crippen molar-refractivity contribution >= 4 is 11.5 Å². The number of aromatic nitrogens is 2. The molecule has 0 spiro atoms. The smallest absolute Gasteiger partial charge is 0.242 e. The van der Waals surface area contributed by atoms with Gasteiger partial charge in [0.05, 0.1) is 6.61 Å². The Morgan fingerprint density at radius 1 is 1.35 bits per heavy atom. The van der Waals surface area contributed by atoms with E-state index in [2.05, 4.69) is 28.7 Å². The van der Waals surface area contributed by atoms with Crippen molar-refractivity contribution in [1.29, 1.82) is 0 Å². The number of ether oxygens (including phenoxy) is 1. The SMILES string of the molecule is CCOc1ncnc(N2CC(C)C(C)C2)c1N. The Morgan fingerprint density at radius 3 is 2.59 bits per heavy atom. The zero-order chi connectivity index (χ0) is 12.4. The Balaban J connectivity index is 2.24. The highest BCUT2D eigenvalue weighted by Gasteiger charge is 2.28. The number of rotatable bonds is 3. The molecule has 1 aliphatic rings. The van der Waals surface area contributed by atoms with Crippen molar-refractivity contribution in [3.05, 3.63) is 6.33 Å². The van der Waals surface area contributed by atoms with Gasteiger partial charge in [-0.25, -0.2) is 4.98 Å². The van der Waals surface area contributed by atoms with Crippen molar-refractivity contribution < 1.29 is 4.74 Å².